The minimum absolute atomic E-state index is 0.176. The summed E-state index contributed by atoms with van der Waals surface area (Å²) < 4.78 is 5.25. The Kier molecular flexibility index (Phi) is 3.83. The second-order valence-corrected chi connectivity index (χ2v) is 4.80. The highest BCUT2D eigenvalue weighted by Gasteiger charge is 2.07. The van der Waals surface area contributed by atoms with E-state index in [4.69, 9.17) is 16.1 Å². The van der Waals surface area contributed by atoms with Gasteiger partial charge in [-0.3, -0.25) is 0 Å². The van der Waals surface area contributed by atoms with Crippen molar-refractivity contribution in [3.8, 4) is 11.3 Å². The van der Waals surface area contributed by atoms with Gasteiger partial charge in [-0.1, -0.05) is 36.3 Å². The summed E-state index contributed by atoms with van der Waals surface area (Å²) >= 11 is 5.73. The molecule has 6 heteroatoms. The van der Waals surface area contributed by atoms with E-state index in [1.807, 2.05) is 18.2 Å². The third-order valence-electron chi connectivity index (χ3n) is 3.05. The van der Waals surface area contributed by atoms with Crippen molar-refractivity contribution in [2.45, 2.75) is 13.3 Å². The lowest BCUT2D eigenvalue weighted by molar-refractivity contribution is 0.437. The number of rotatable bonds is 4. The van der Waals surface area contributed by atoms with E-state index in [2.05, 4.69) is 39.5 Å². The molecule has 0 atom stereocenters. The molecular formula is C15H13ClN4O. The van der Waals surface area contributed by atoms with E-state index >= 15 is 0 Å². The van der Waals surface area contributed by atoms with Crippen LogP contribution in [0.5, 0.6) is 0 Å². The number of nitrogens with one attached hydrogen (secondary N) is 1. The zero-order valence-electron chi connectivity index (χ0n) is 11.4. The highest BCUT2D eigenvalue weighted by molar-refractivity contribution is 6.28. The average molecular weight is 301 g/mol. The van der Waals surface area contributed by atoms with Gasteiger partial charge in [0.1, 0.15) is 11.5 Å². The first kappa shape index (κ1) is 13.6. The molecule has 0 aliphatic heterocycles. The van der Waals surface area contributed by atoms with Gasteiger partial charge < -0.3 is 9.84 Å². The maximum absolute atomic E-state index is 5.73. The SMILES string of the molecule is CCc1ccc(-c2cc(Nc3ccnc(Cl)n3)on2)cc1. The van der Waals surface area contributed by atoms with Gasteiger partial charge in [0.25, 0.3) is 0 Å². The Morgan fingerprint density at radius 2 is 2.00 bits per heavy atom. The van der Waals surface area contributed by atoms with Crippen molar-refractivity contribution in [1.82, 2.24) is 15.1 Å². The topological polar surface area (TPSA) is 63.8 Å². The molecule has 0 saturated carbocycles. The minimum atomic E-state index is 0.176. The molecule has 0 bridgehead atoms. The van der Waals surface area contributed by atoms with E-state index in [1.165, 1.54) is 5.56 Å². The Balaban J connectivity index is 1.79. The summed E-state index contributed by atoms with van der Waals surface area (Å²) in [4.78, 5) is 7.85. The van der Waals surface area contributed by atoms with Crippen LogP contribution in [0.2, 0.25) is 5.28 Å². The van der Waals surface area contributed by atoms with Gasteiger partial charge in [-0.2, -0.15) is 0 Å². The minimum Gasteiger partial charge on any atom is -0.338 e. The van der Waals surface area contributed by atoms with Gasteiger partial charge in [0.2, 0.25) is 11.2 Å². The van der Waals surface area contributed by atoms with E-state index < -0.39 is 0 Å². The predicted molar refractivity (Wildman–Crippen MR) is 81.6 cm³/mol. The molecule has 2 aromatic heterocycles. The van der Waals surface area contributed by atoms with Crippen LogP contribution in [-0.4, -0.2) is 15.1 Å². The molecule has 0 aliphatic carbocycles. The van der Waals surface area contributed by atoms with Crippen molar-refractivity contribution < 1.29 is 4.52 Å². The first-order chi connectivity index (χ1) is 10.2. The number of nitrogens with zero attached hydrogens (tertiary/aromatic N) is 3. The molecule has 1 aromatic carbocycles. The lowest BCUT2D eigenvalue weighted by Crippen LogP contribution is -1.92. The maximum Gasteiger partial charge on any atom is 0.230 e. The zero-order chi connectivity index (χ0) is 14.7. The average Bonchev–Trinajstić information content (AvgIpc) is 2.96. The maximum atomic E-state index is 5.73. The summed E-state index contributed by atoms with van der Waals surface area (Å²) in [6.45, 7) is 2.12. The molecule has 1 N–H and O–H groups in total. The number of benzene rings is 1. The van der Waals surface area contributed by atoms with Gasteiger partial charge in [-0.15, -0.1) is 0 Å². The van der Waals surface area contributed by atoms with Crippen LogP contribution < -0.4 is 5.32 Å². The Labute approximate surface area is 127 Å². The van der Waals surface area contributed by atoms with Crippen molar-refractivity contribution in [1.29, 1.82) is 0 Å². The quantitative estimate of drug-likeness (QED) is 0.735. The van der Waals surface area contributed by atoms with Gasteiger partial charge in [0.15, 0.2) is 0 Å². The largest absolute Gasteiger partial charge is 0.338 e. The summed E-state index contributed by atoms with van der Waals surface area (Å²) in [7, 11) is 0. The first-order valence-electron chi connectivity index (χ1n) is 6.56. The van der Waals surface area contributed by atoms with Crippen molar-refractivity contribution in [2.75, 3.05) is 5.32 Å². The van der Waals surface area contributed by atoms with Gasteiger partial charge in [-0.25, -0.2) is 9.97 Å². The van der Waals surface area contributed by atoms with Gasteiger partial charge in [0.05, 0.1) is 0 Å². The Hall–Kier alpha value is -2.40. The van der Waals surface area contributed by atoms with Crippen LogP contribution in [0, 0.1) is 0 Å². The predicted octanol–water partition coefficient (Wildman–Crippen LogP) is 4.09. The summed E-state index contributed by atoms with van der Waals surface area (Å²) in [6.07, 6.45) is 2.58. The molecule has 0 amide bonds. The molecule has 0 radical (unpaired) electrons. The van der Waals surface area contributed by atoms with E-state index in [1.54, 1.807) is 12.3 Å². The third kappa shape index (κ3) is 3.20. The fourth-order valence-corrected chi connectivity index (χ4v) is 2.06. The summed E-state index contributed by atoms with van der Waals surface area (Å²) in [5.41, 5.74) is 3.06. The van der Waals surface area contributed by atoms with E-state index in [-0.39, 0.29) is 5.28 Å². The van der Waals surface area contributed by atoms with Crippen LogP contribution in [0.15, 0.2) is 47.1 Å². The van der Waals surface area contributed by atoms with Gasteiger partial charge in [0, 0.05) is 17.8 Å². The normalized spacial score (nSPS) is 10.6. The van der Waals surface area contributed by atoms with Crippen molar-refractivity contribution in [2.24, 2.45) is 0 Å². The number of aryl methyl sites for hydroxylation is 1. The summed E-state index contributed by atoms with van der Waals surface area (Å²) in [6, 6.07) is 11.7. The molecule has 106 valence electrons. The summed E-state index contributed by atoms with van der Waals surface area (Å²) in [5.74, 6) is 1.05. The van der Waals surface area contributed by atoms with Crippen molar-refractivity contribution >= 4 is 23.3 Å². The molecular weight excluding hydrogens is 288 g/mol. The second kappa shape index (κ2) is 5.93. The highest BCUT2D eigenvalue weighted by Crippen LogP contribution is 2.24. The molecule has 3 aromatic rings. The zero-order valence-corrected chi connectivity index (χ0v) is 12.1. The Morgan fingerprint density at radius 3 is 2.71 bits per heavy atom. The summed E-state index contributed by atoms with van der Waals surface area (Å²) in [5, 5.41) is 7.22. The third-order valence-corrected chi connectivity index (χ3v) is 3.23. The standard InChI is InChI=1S/C15H13ClN4O/c1-2-10-3-5-11(6-4-10)12-9-14(21-20-12)18-13-7-8-17-15(16)19-13/h3-9H,2H2,1H3,(H,17,18,19). The van der Waals surface area contributed by atoms with Crippen molar-refractivity contribution in [3.63, 3.8) is 0 Å². The van der Waals surface area contributed by atoms with Crippen LogP contribution in [0.3, 0.4) is 0 Å². The number of aromatic nitrogens is 3. The van der Waals surface area contributed by atoms with Crippen LogP contribution >= 0.6 is 11.6 Å². The molecule has 0 unspecified atom stereocenters. The highest BCUT2D eigenvalue weighted by atomic mass is 35.5. The van der Waals surface area contributed by atoms with Crippen LogP contribution in [0.4, 0.5) is 11.7 Å². The second-order valence-electron chi connectivity index (χ2n) is 4.46. The molecule has 0 aliphatic rings. The van der Waals surface area contributed by atoms with Crippen LogP contribution in [0.25, 0.3) is 11.3 Å². The number of hydrogen-bond acceptors (Lipinski definition) is 5. The number of hydrogen-bond donors (Lipinski definition) is 1. The molecule has 3 rings (SSSR count). The molecule has 0 fully saturated rings. The van der Waals surface area contributed by atoms with Crippen molar-refractivity contribution in [3.05, 3.63) is 53.4 Å². The smallest absolute Gasteiger partial charge is 0.230 e. The van der Waals surface area contributed by atoms with E-state index in [0.29, 0.717) is 11.7 Å². The van der Waals surface area contributed by atoms with Gasteiger partial charge >= 0.3 is 0 Å². The lowest BCUT2D eigenvalue weighted by Gasteiger charge is -1.99. The monoisotopic (exact) mass is 300 g/mol. The fraction of sp³-hybridized carbons (Fsp3) is 0.133. The molecule has 21 heavy (non-hydrogen) atoms. The Bertz CT molecular complexity index is 739. The Morgan fingerprint density at radius 1 is 1.19 bits per heavy atom. The first-order valence-corrected chi connectivity index (χ1v) is 6.94. The molecule has 0 spiro atoms. The van der Waals surface area contributed by atoms with Gasteiger partial charge in [-0.05, 0) is 29.7 Å². The lowest BCUT2D eigenvalue weighted by atomic mass is 10.1. The molecule has 5 nitrogen and oxygen atoms in total. The van der Waals surface area contributed by atoms with Crippen LogP contribution in [0.1, 0.15) is 12.5 Å². The van der Waals surface area contributed by atoms with E-state index in [0.717, 1.165) is 17.7 Å². The van der Waals surface area contributed by atoms with E-state index in [9.17, 15) is 0 Å². The number of halogens is 1. The van der Waals surface area contributed by atoms with Crippen LogP contribution in [-0.2, 0) is 6.42 Å². The number of anilines is 2. The fourth-order valence-electron chi connectivity index (χ4n) is 1.91. The molecule has 2 heterocycles. The molecule has 0 saturated heterocycles.